The zero-order valence-electron chi connectivity index (χ0n) is 17.5. The molecule has 0 saturated carbocycles. The van der Waals surface area contributed by atoms with E-state index in [1.807, 2.05) is 43.3 Å². The van der Waals surface area contributed by atoms with Crippen LogP contribution in [-0.4, -0.2) is 16.0 Å². The van der Waals surface area contributed by atoms with Crippen LogP contribution < -0.4 is 16.0 Å². The number of hydrogen-bond donors (Lipinski definition) is 3. The van der Waals surface area contributed by atoms with Crippen LogP contribution in [0.1, 0.15) is 29.3 Å². The number of aryl methyl sites for hydroxylation is 2. The minimum atomic E-state index is -0.312. The van der Waals surface area contributed by atoms with Gasteiger partial charge in [-0.15, -0.1) is 0 Å². The maximum absolute atomic E-state index is 12.4. The fraction of sp³-hybridized carbons (Fsp3) is 0.160. The predicted molar refractivity (Wildman–Crippen MR) is 132 cm³/mol. The van der Waals surface area contributed by atoms with Crippen molar-refractivity contribution in [1.82, 2.24) is 9.97 Å². The summed E-state index contributed by atoms with van der Waals surface area (Å²) >= 11 is 3.34. The maximum Gasteiger partial charge on any atom is 0.323 e. The van der Waals surface area contributed by atoms with E-state index < -0.39 is 0 Å². The van der Waals surface area contributed by atoms with Crippen LogP contribution in [0.25, 0.3) is 10.9 Å². The van der Waals surface area contributed by atoms with Crippen LogP contribution in [-0.2, 0) is 6.42 Å². The largest absolute Gasteiger partial charge is 0.363 e. The Balaban J connectivity index is 1.28. The van der Waals surface area contributed by atoms with Crippen molar-refractivity contribution in [1.29, 1.82) is 0 Å². The lowest BCUT2D eigenvalue weighted by molar-refractivity contribution is 0.262. The van der Waals surface area contributed by atoms with Gasteiger partial charge in [-0.25, -0.2) is 14.8 Å². The first-order valence-corrected chi connectivity index (χ1v) is 11.3. The third kappa shape index (κ3) is 4.43. The highest BCUT2D eigenvalue weighted by molar-refractivity contribution is 9.10. The van der Waals surface area contributed by atoms with Gasteiger partial charge in [-0.3, -0.25) is 0 Å². The Morgan fingerprint density at radius 2 is 1.81 bits per heavy atom. The fourth-order valence-electron chi connectivity index (χ4n) is 4.16. The SMILES string of the molecule is Cc1cc(NC(=O)Nc2ccc3nc(N[C@@H]4CCc5ccccc54)ccc3c2)cc(Br)n1. The van der Waals surface area contributed by atoms with Crippen LogP contribution >= 0.6 is 15.9 Å². The second-order valence-electron chi connectivity index (χ2n) is 7.94. The Hall–Kier alpha value is -3.45. The zero-order valence-corrected chi connectivity index (χ0v) is 19.1. The summed E-state index contributed by atoms with van der Waals surface area (Å²) in [4.78, 5) is 21.4. The highest BCUT2D eigenvalue weighted by Crippen LogP contribution is 2.33. The minimum absolute atomic E-state index is 0.289. The van der Waals surface area contributed by atoms with Crippen LogP contribution in [0.3, 0.4) is 0 Å². The second-order valence-corrected chi connectivity index (χ2v) is 8.75. The van der Waals surface area contributed by atoms with E-state index in [1.54, 1.807) is 6.07 Å². The standard InChI is InChI=1S/C25H22BrN5O/c1-15-12-19(14-23(26)27-15)29-25(32)28-18-8-10-21-17(13-18)7-11-24(30-21)31-22-9-6-16-4-2-3-5-20(16)22/h2-5,7-8,10-14,22H,6,9H2,1H3,(H,30,31)(H2,27,28,29,32)/t22-/m1/s1. The van der Waals surface area contributed by atoms with E-state index >= 15 is 0 Å². The highest BCUT2D eigenvalue weighted by Gasteiger charge is 2.21. The first kappa shape index (κ1) is 20.5. The van der Waals surface area contributed by atoms with Crippen molar-refractivity contribution in [3.63, 3.8) is 0 Å². The van der Waals surface area contributed by atoms with Gasteiger partial charge < -0.3 is 16.0 Å². The molecule has 0 radical (unpaired) electrons. The number of carbonyl (C=O) groups excluding carboxylic acids is 1. The summed E-state index contributed by atoms with van der Waals surface area (Å²) in [5.41, 5.74) is 5.84. The molecule has 7 heteroatoms. The van der Waals surface area contributed by atoms with E-state index in [-0.39, 0.29) is 12.1 Å². The molecule has 2 aromatic carbocycles. The molecule has 2 heterocycles. The van der Waals surface area contributed by atoms with Crippen LogP contribution in [0.2, 0.25) is 0 Å². The van der Waals surface area contributed by atoms with Gasteiger partial charge in [0.15, 0.2) is 0 Å². The van der Waals surface area contributed by atoms with E-state index in [4.69, 9.17) is 4.98 Å². The maximum atomic E-state index is 12.4. The van der Waals surface area contributed by atoms with Crippen LogP contribution in [0.15, 0.2) is 71.3 Å². The Morgan fingerprint density at radius 1 is 0.969 bits per heavy atom. The smallest absolute Gasteiger partial charge is 0.323 e. The number of aromatic nitrogens is 2. The summed E-state index contributed by atoms with van der Waals surface area (Å²) in [6.45, 7) is 1.87. The van der Waals surface area contributed by atoms with Gasteiger partial charge in [-0.2, -0.15) is 0 Å². The van der Waals surface area contributed by atoms with Gasteiger partial charge >= 0.3 is 6.03 Å². The number of nitrogens with one attached hydrogen (secondary N) is 3. The molecule has 1 aliphatic carbocycles. The van der Waals surface area contributed by atoms with E-state index in [9.17, 15) is 4.79 Å². The third-order valence-corrected chi connectivity index (χ3v) is 5.99. The summed E-state index contributed by atoms with van der Waals surface area (Å²) in [6.07, 6.45) is 2.17. The summed E-state index contributed by atoms with van der Waals surface area (Å²) in [6, 6.07) is 21.8. The molecule has 0 bridgehead atoms. The second kappa shape index (κ2) is 8.59. The molecule has 0 unspecified atom stereocenters. The molecule has 6 nitrogen and oxygen atoms in total. The lowest BCUT2D eigenvalue weighted by atomic mass is 10.1. The Morgan fingerprint density at radius 3 is 2.69 bits per heavy atom. The van der Waals surface area contributed by atoms with Crippen molar-refractivity contribution in [2.24, 2.45) is 0 Å². The zero-order chi connectivity index (χ0) is 22.1. The molecule has 160 valence electrons. The number of carbonyl (C=O) groups is 1. The van der Waals surface area contributed by atoms with E-state index in [0.29, 0.717) is 16.0 Å². The monoisotopic (exact) mass is 487 g/mol. The lowest BCUT2D eigenvalue weighted by Gasteiger charge is -2.15. The minimum Gasteiger partial charge on any atom is -0.363 e. The number of amides is 2. The van der Waals surface area contributed by atoms with Crippen molar-refractivity contribution in [2.45, 2.75) is 25.8 Å². The third-order valence-electron chi connectivity index (χ3n) is 5.58. The average molecular weight is 488 g/mol. The molecule has 32 heavy (non-hydrogen) atoms. The molecule has 0 saturated heterocycles. The van der Waals surface area contributed by atoms with Crippen LogP contribution in [0, 0.1) is 6.92 Å². The van der Waals surface area contributed by atoms with Gasteiger partial charge in [-0.05, 0) is 89.3 Å². The van der Waals surface area contributed by atoms with Gasteiger partial charge in [0.25, 0.3) is 0 Å². The molecule has 0 aliphatic heterocycles. The van der Waals surface area contributed by atoms with Crippen molar-refractivity contribution < 1.29 is 4.79 Å². The van der Waals surface area contributed by atoms with Gasteiger partial charge in [0.1, 0.15) is 10.4 Å². The van der Waals surface area contributed by atoms with Gasteiger partial charge in [0.05, 0.1) is 11.6 Å². The number of hydrogen-bond acceptors (Lipinski definition) is 4. The van der Waals surface area contributed by atoms with Gasteiger partial charge in [0, 0.05) is 22.5 Å². The highest BCUT2D eigenvalue weighted by atomic mass is 79.9. The molecule has 2 amide bonds. The molecule has 5 rings (SSSR count). The predicted octanol–water partition coefficient (Wildman–Crippen LogP) is 6.44. The summed E-state index contributed by atoms with van der Waals surface area (Å²) < 4.78 is 0.676. The van der Waals surface area contributed by atoms with Crippen molar-refractivity contribution in [3.05, 3.63) is 88.2 Å². The lowest BCUT2D eigenvalue weighted by Crippen LogP contribution is -2.19. The first-order valence-electron chi connectivity index (χ1n) is 10.5. The molecule has 4 aromatic rings. The van der Waals surface area contributed by atoms with E-state index in [0.717, 1.165) is 35.3 Å². The molecule has 2 aromatic heterocycles. The summed E-state index contributed by atoms with van der Waals surface area (Å²) in [5, 5.41) is 10.2. The van der Waals surface area contributed by atoms with Crippen LogP contribution in [0.5, 0.6) is 0 Å². The number of halogens is 1. The number of benzene rings is 2. The number of urea groups is 1. The quantitative estimate of drug-likeness (QED) is 0.289. The topological polar surface area (TPSA) is 78.9 Å². The van der Waals surface area contributed by atoms with Gasteiger partial charge in [-0.1, -0.05) is 24.3 Å². The van der Waals surface area contributed by atoms with Crippen LogP contribution in [0.4, 0.5) is 22.0 Å². The normalized spacial score (nSPS) is 14.8. The fourth-order valence-corrected chi connectivity index (χ4v) is 4.69. The Labute approximate surface area is 194 Å². The molecule has 1 atom stereocenters. The Kier molecular flexibility index (Phi) is 5.49. The van der Waals surface area contributed by atoms with E-state index in [2.05, 4.69) is 61.1 Å². The van der Waals surface area contributed by atoms with Crippen molar-refractivity contribution in [3.8, 4) is 0 Å². The number of fused-ring (bicyclic) bond motifs is 2. The number of nitrogens with zero attached hydrogens (tertiary/aromatic N) is 2. The molecular weight excluding hydrogens is 466 g/mol. The molecule has 0 spiro atoms. The molecule has 0 fully saturated rings. The summed E-state index contributed by atoms with van der Waals surface area (Å²) in [5.74, 6) is 0.858. The summed E-state index contributed by atoms with van der Waals surface area (Å²) in [7, 11) is 0. The number of anilines is 3. The Bertz CT molecular complexity index is 1300. The van der Waals surface area contributed by atoms with Crippen molar-refractivity contribution >= 4 is 50.1 Å². The van der Waals surface area contributed by atoms with Gasteiger partial charge in [0.2, 0.25) is 0 Å². The molecular formula is C25H22BrN5O. The molecule has 3 N–H and O–H groups in total. The average Bonchev–Trinajstić information content (AvgIpc) is 3.16. The first-order chi connectivity index (χ1) is 15.5. The number of rotatable bonds is 4. The molecule has 1 aliphatic rings. The number of pyridine rings is 2. The van der Waals surface area contributed by atoms with Crippen molar-refractivity contribution in [2.75, 3.05) is 16.0 Å². The van der Waals surface area contributed by atoms with E-state index in [1.165, 1.54) is 11.1 Å².